The van der Waals surface area contributed by atoms with Gasteiger partial charge < -0.3 is 9.64 Å². The molecule has 0 aromatic carbocycles. The van der Waals surface area contributed by atoms with Crippen LogP contribution in [0.2, 0.25) is 0 Å². The van der Waals surface area contributed by atoms with Crippen molar-refractivity contribution in [3.63, 3.8) is 0 Å². The fourth-order valence-electron chi connectivity index (χ4n) is 2.83. The lowest BCUT2D eigenvalue weighted by molar-refractivity contribution is -0.141. The molecular formula is C14H23NO5S. The number of hydrogen-bond acceptors (Lipinski definition) is 5. The number of rotatable bonds is 6. The Balaban J connectivity index is 2.00. The number of nitrogens with zero attached hydrogens (tertiary/aromatic N) is 1. The minimum absolute atomic E-state index is 0.101. The van der Waals surface area contributed by atoms with E-state index < -0.39 is 20.5 Å². The minimum atomic E-state index is -3.54. The molecule has 0 aromatic rings. The molecule has 0 bridgehead atoms. The van der Waals surface area contributed by atoms with Crippen molar-refractivity contribution >= 4 is 21.7 Å². The van der Waals surface area contributed by atoms with Gasteiger partial charge in [0.25, 0.3) is 0 Å². The molecule has 21 heavy (non-hydrogen) atoms. The maximum absolute atomic E-state index is 12.5. The second-order valence-corrected chi connectivity index (χ2v) is 8.56. The highest BCUT2D eigenvalue weighted by Gasteiger charge is 2.50. The van der Waals surface area contributed by atoms with Gasteiger partial charge in [0, 0.05) is 13.1 Å². The van der Waals surface area contributed by atoms with Crippen molar-refractivity contribution < 1.29 is 22.7 Å². The number of esters is 1. The maximum Gasteiger partial charge on any atom is 0.306 e. The monoisotopic (exact) mass is 317 g/mol. The molecule has 0 spiro atoms. The highest BCUT2D eigenvalue weighted by molar-refractivity contribution is 7.92. The zero-order chi connectivity index (χ0) is 15.7. The first-order chi connectivity index (χ1) is 9.80. The first-order valence-electron chi connectivity index (χ1n) is 7.37. The van der Waals surface area contributed by atoms with Crippen molar-refractivity contribution in [3.8, 4) is 0 Å². The molecule has 1 saturated heterocycles. The summed E-state index contributed by atoms with van der Waals surface area (Å²) < 4.78 is 29.5. The Hall–Kier alpha value is -1.11. The van der Waals surface area contributed by atoms with E-state index in [2.05, 4.69) is 4.74 Å². The zero-order valence-electron chi connectivity index (χ0n) is 12.6. The lowest BCUT2D eigenvalue weighted by Crippen LogP contribution is -2.42. The average molecular weight is 317 g/mol. The van der Waals surface area contributed by atoms with Crippen LogP contribution in [0.4, 0.5) is 0 Å². The lowest BCUT2D eigenvalue weighted by Gasteiger charge is -2.22. The van der Waals surface area contributed by atoms with E-state index in [9.17, 15) is 18.0 Å². The molecule has 0 aromatic heterocycles. The molecule has 2 fully saturated rings. The predicted molar refractivity (Wildman–Crippen MR) is 77.4 cm³/mol. The fourth-order valence-corrected chi connectivity index (χ4v) is 4.78. The Morgan fingerprint density at radius 2 is 1.81 bits per heavy atom. The summed E-state index contributed by atoms with van der Waals surface area (Å²) in [5.74, 6) is -0.793. The molecule has 1 atom stereocenters. The molecule has 1 aliphatic carbocycles. The normalized spacial score (nSPS) is 21.9. The Morgan fingerprint density at radius 1 is 1.24 bits per heavy atom. The topological polar surface area (TPSA) is 80.8 Å². The molecule has 7 heteroatoms. The second-order valence-electron chi connectivity index (χ2n) is 6.23. The van der Waals surface area contributed by atoms with Crippen molar-refractivity contribution in [2.75, 3.05) is 26.0 Å². The third-order valence-electron chi connectivity index (χ3n) is 4.52. The van der Waals surface area contributed by atoms with E-state index in [1.54, 1.807) is 4.90 Å². The summed E-state index contributed by atoms with van der Waals surface area (Å²) in [5, 5.41) is -1.02. The van der Waals surface area contributed by atoms with Crippen LogP contribution in [-0.4, -0.2) is 56.4 Å². The number of methoxy groups -OCH3 is 1. The Labute approximate surface area is 125 Å². The van der Waals surface area contributed by atoms with Gasteiger partial charge in [-0.1, -0.05) is 0 Å². The molecule has 1 unspecified atom stereocenters. The molecule has 1 aliphatic heterocycles. The number of carbonyl (C=O) groups is 2. The van der Waals surface area contributed by atoms with Crippen LogP contribution in [0.15, 0.2) is 0 Å². The standard InChI is InChI=1S/C14H23NO5S/c1-11(13(17)15-7-3-4-8-15)21(18,19)10-14(5-6-14)9-12(16)20-2/h11H,3-10H2,1-2H3. The van der Waals surface area contributed by atoms with E-state index in [-0.39, 0.29) is 24.1 Å². The Bertz CT molecular complexity index is 517. The van der Waals surface area contributed by atoms with Gasteiger partial charge in [-0.3, -0.25) is 9.59 Å². The van der Waals surface area contributed by atoms with Gasteiger partial charge in [-0.05, 0) is 38.0 Å². The predicted octanol–water partition coefficient (Wildman–Crippen LogP) is 0.755. The zero-order valence-corrected chi connectivity index (χ0v) is 13.4. The number of amides is 1. The summed E-state index contributed by atoms with van der Waals surface area (Å²) in [4.78, 5) is 25.2. The van der Waals surface area contributed by atoms with E-state index in [0.29, 0.717) is 25.9 Å². The van der Waals surface area contributed by atoms with Gasteiger partial charge in [0.1, 0.15) is 5.25 Å². The van der Waals surface area contributed by atoms with Crippen molar-refractivity contribution in [1.29, 1.82) is 0 Å². The number of hydrogen-bond donors (Lipinski definition) is 0. The molecule has 2 rings (SSSR count). The van der Waals surface area contributed by atoms with Gasteiger partial charge >= 0.3 is 5.97 Å². The summed E-state index contributed by atoms with van der Waals surface area (Å²) in [6.45, 7) is 2.75. The van der Waals surface area contributed by atoms with Crippen LogP contribution in [0.1, 0.15) is 39.0 Å². The van der Waals surface area contributed by atoms with Crippen LogP contribution < -0.4 is 0 Å². The molecule has 0 N–H and O–H groups in total. The van der Waals surface area contributed by atoms with Crippen LogP contribution in [0.25, 0.3) is 0 Å². The quantitative estimate of drug-likeness (QED) is 0.676. The Kier molecular flexibility index (Phi) is 4.60. The third kappa shape index (κ3) is 3.75. The molecule has 1 heterocycles. The van der Waals surface area contributed by atoms with E-state index in [4.69, 9.17) is 0 Å². The fraction of sp³-hybridized carbons (Fsp3) is 0.857. The summed E-state index contributed by atoms with van der Waals surface area (Å²) in [7, 11) is -2.25. The lowest BCUT2D eigenvalue weighted by atomic mass is 10.1. The van der Waals surface area contributed by atoms with Crippen molar-refractivity contribution in [2.24, 2.45) is 5.41 Å². The molecule has 120 valence electrons. The third-order valence-corrected chi connectivity index (χ3v) is 6.81. The van der Waals surface area contributed by atoms with Crippen LogP contribution in [0.3, 0.4) is 0 Å². The van der Waals surface area contributed by atoms with Crippen LogP contribution in [0.5, 0.6) is 0 Å². The van der Waals surface area contributed by atoms with E-state index in [1.807, 2.05) is 0 Å². The summed E-state index contributed by atoms with van der Waals surface area (Å²) in [6.07, 6.45) is 3.39. The van der Waals surface area contributed by atoms with Crippen molar-refractivity contribution in [1.82, 2.24) is 4.90 Å². The molecular weight excluding hydrogens is 294 g/mol. The summed E-state index contributed by atoms with van der Waals surface area (Å²) in [6, 6.07) is 0. The van der Waals surface area contributed by atoms with Gasteiger partial charge in [-0.2, -0.15) is 0 Å². The van der Waals surface area contributed by atoms with Gasteiger partial charge in [0.15, 0.2) is 9.84 Å². The number of carbonyl (C=O) groups excluding carboxylic acids is 2. The van der Waals surface area contributed by atoms with Crippen molar-refractivity contribution in [3.05, 3.63) is 0 Å². The van der Waals surface area contributed by atoms with Gasteiger partial charge in [0.2, 0.25) is 5.91 Å². The number of ether oxygens (including phenoxy) is 1. The molecule has 0 radical (unpaired) electrons. The SMILES string of the molecule is COC(=O)CC1(CS(=O)(=O)C(C)C(=O)N2CCCC2)CC1. The summed E-state index contributed by atoms with van der Waals surface area (Å²) in [5.41, 5.74) is -0.508. The number of sulfone groups is 1. The van der Waals surface area contributed by atoms with Crippen LogP contribution in [0, 0.1) is 5.41 Å². The molecule has 6 nitrogen and oxygen atoms in total. The van der Waals surface area contributed by atoms with E-state index >= 15 is 0 Å². The largest absolute Gasteiger partial charge is 0.469 e. The minimum Gasteiger partial charge on any atom is -0.469 e. The highest BCUT2D eigenvalue weighted by Crippen LogP contribution is 2.50. The van der Waals surface area contributed by atoms with Gasteiger partial charge in [-0.25, -0.2) is 8.42 Å². The first kappa shape index (κ1) is 16.3. The smallest absolute Gasteiger partial charge is 0.306 e. The van der Waals surface area contributed by atoms with Gasteiger partial charge in [0.05, 0.1) is 19.3 Å². The maximum atomic E-state index is 12.5. The van der Waals surface area contributed by atoms with E-state index in [1.165, 1.54) is 14.0 Å². The van der Waals surface area contributed by atoms with E-state index in [0.717, 1.165) is 12.8 Å². The highest BCUT2D eigenvalue weighted by atomic mass is 32.2. The average Bonchev–Trinajstić information content (AvgIpc) is 2.95. The summed E-state index contributed by atoms with van der Waals surface area (Å²) >= 11 is 0. The second kappa shape index (κ2) is 5.94. The van der Waals surface area contributed by atoms with Crippen LogP contribution >= 0.6 is 0 Å². The van der Waals surface area contributed by atoms with Gasteiger partial charge in [-0.15, -0.1) is 0 Å². The van der Waals surface area contributed by atoms with Crippen LogP contribution in [-0.2, 0) is 24.2 Å². The molecule has 1 amide bonds. The molecule has 1 saturated carbocycles. The number of likely N-dealkylation sites (tertiary alicyclic amines) is 1. The van der Waals surface area contributed by atoms with Crippen molar-refractivity contribution in [2.45, 2.75) is 44.3 Å². The first-order valence-corrected chi connectivity index (χ1v) is 9.08. The Morgan fingerprint density at radius 3 is 2.29 bits per heavy atom. The molecule has 2 aliphatic rings.